The van der Waals surface area contributed by atoms with Gasteiger partial charge in [0.15, 0.2) is 0 Å². The second-order valence-corrected chi connectivity index (χ2v) is 4.95. The van der Waals surface area contributed by atoms with Gasteiger partial charge in [-0.25, -0.2) is 4.79 Å². The van der Waals surface area contributed by atoms with Gasteiger partial charge in [-0.15, -0.1) is 0 Å². The lowest BCUT2D eigenvalue weighted by Gasteiger charge is -2.19. The smallest absolute Gasteiger partial charge is 0.407 e. The molecule has 0 radical (unpaired) electrons. The maximum atomic E-state index is 11.3. The largest absolute Gasteiger partial charge is 0.444 e. The summed E-state index contributed by atoms with van der Waals surface area (Å²) in [5.74, 6) is 0. The summed E-state index contributed by atoms with van der Waals surface area (Å²) >= 11 is 0. The van der Waals surface area contributed by atoms with Crippen molar-refractivity contribution in [2.75, 3.05) is 13.1 Å². The summed E-state index contributed by atoms with van der Waals surface area (Å²) in [6.45, 7) is 7.57. The van der Waals surface area contributed by atoms with Crippen LogP contribution >= 0.6 is 0 Å². The van der Waals surface area contributed by atoms with Crippen molar-refractivity contribution in [1.82, 2.24) is 15.8 Å². The molecule has 0 saturated carbocycles. The minimum Gasteiger partial charge on any atom is -0.444 e. The van der Waals surface area contributed by atoms with Crippen molar-refractivity contribution in [2.24, 2.45) is 0 Å². The topological polar surface area (TPSA) is 76.4 Å². The summed E-state index contributed by atoms with van der Waals surface area (Å²) in [5, 5.41) is 9.67. The Morgan fingerprint density at radius 2 is 2.22 bits per heavy atom. The molecule has 0 aliphatic heterocycles. The Hall–Kier alpha value is -1.56. The van der Waals surface area contributed by atoms with Crippen LogP contribution in [0.2, 0.25) is 0 Å². The molecule has 0 aliphatic carbocycles. The van der Waals surface area contributed by atoms with Crippen molar-refractivity contribution in [2.45, 2.75) is 39.3 Å². The zero-order chi connectivity index (χ0) is 13.4. The van der Waals surface area contributed by atoms with E-state index in [0.29, 0.717) is 13.1 Å². The van der Waals surface area contributed by atoms with E-state index < -0.39 is 5.60 Å². The van der Waals surface area contributed by atoms with Gasteiger partial charge in [0.05, 0.1) is 5.69 Å². The van der Waals surface area contributed by atoms with Gasteiger partial charge >= 0.3 is 6.09 Å². The number of rotatable bonds is 6. The number of nitrogens with zero attached hydrogens (tertiary/aromatic N) is 1. The average Bonchev–Trinajstić information content (AvgIpc) is 2.73. The first-order valence-corrected chi connectivity index (χ1v) is 6.04. The van der Waals surface area contributed by atoms with Crippen molar-refractivity contribution >= 4 is 6.09 Å². The summed E-state index contributed by atoms with van der Waals surface area (Å²) in [5.41, 5.74) is 0.421. The maximum Gasteiger partial charge on any atom is 0.407 e. The van der Waals surface area contributed by atoms with Crippen LogP contribution in [0.4, 0.5) is 4.79 Å². The van der Waals surface area contributed by atoms with Crippen LogP contribution in [-0.4, -0.2) is 29.9 Å². The van der Waals surface area contributed by atoms with E-state index in [-0.39, 0.29) is 6.09 Å². The second kappa shape index (κ2) is 7.00. The van der Waals surface area contributed by atoms with Crippen molar-refractivity contribution in [3.8, 4) is 0 Å². The minimum atomic E-state index is -0.449. The standard InChI is InChI=1S/C12H21N3O3/c1-12(2,3)18-11(16)14-7-4-6-13-9-10-5-8-17-15-10/h5,8,13H,4,6-7,9H2,1-3H3,(H,14,16). The Bertz CT molecular complexity index is 344. The van der Waals surface area contributed by atoms with Crippen molar-refractivity contribution in [3.05, 3.63) is 18.0 Å². The van der Waals surface area contributed by atoms with Gasteiger partial charge in [0.25, 0.3) is 0 Å². The van der Waals surface area contributed by atoms with Gasteiger partial charge in [-0.05, 0) is 33.7 Å². The highest BCUT2D eigenvalue weighted by Crippen LogP contribution is 2.06. The molecule has 0 unspecified atom stereocenters. The molecule has 1 aromatic rings. The van der Waals surface area contributed by atoms with E-state index in [0.717, 1.165) is 18.7 Å². The number of amides is 1. The molecule has 102 valence electrons. The monoisotopic (exact) mass is 255 g/mol. The molecular formula is C12H21N3O3. The van der Waals surface area contributed by atoms with Crippen molar-refractivity contribution in [1.29, 1.82) is 0 Å². The fourth-order valence-electron chi connectivity index (χ4n) is 1.26. The third kappa shape index (κ3) is 6.90. The Morgan fingerprint density at radius 3 is 2.83 bits per heavy atom. The van der Waals surface area contributed by atoms with E-state index in [4.69, 9.17) is 9.26 Å². The number of hydrogen-bond donors (Lipinski definition) is 2. The molecule has 0 saturated heterocycles. The summed E-state index contributed by atoms with van der Waals surface area (Å²) < 4.78 is 9.82. The lowest BCUT2D eigenvalue weighted by Crippen LogP contribution is -2.33. The Balaban J connectivity index is 1.97. The van der Waals surface area contributed by atoms with Crippen LogP contribution in [-0.2, 0) is 11.3 Å². The molecular weight excluding hydrogens is 234 g/mol. The van der Waals surface area contributed by atoms with Crippen LogP contribution in [0.15, 0.2) is 16.9 Å². The zero-order valence-corrected chi connectivity index (χ0v) is 11.2. The highest BCUT2D eigenvalue weighted by atomic mass is 16.6. The molecule has 1 aromatic heterocycles. The van der Waals surface area contributed by atoms with Crippen LogP contribution < -0.4 is 10.6 Å². The van der Waals surface area contributed by atoms with E-state index in [9.17, 15) is 4.79 Å². The quantitative estimate of drug-likeness (QED) is 0.756. The molecule has 1 rings (SSSR count). The van der Waals surface area contributed by atoms with E-state index in [1.54, 1.807) is 6.26 Å². The molecule has 6 nitrogen and oxygen atoms in total. The minimum absolute atomic E-state index is 0.376. The lowest BCUT2D eigenvalue weighted by atomic mass is 10.2. The predicted octanol–water partition coefficient (Wildman–Crippen LogP) is 1.68. The van der Waals surface area contributed by atoms with Gasteiger partial charge in [-0.1, -0.05) is 5.16 Å². The number of carbonyl (C=O) groups excluding carboxylic acids is 1. The average molecular weight is 255 g/mol. The van der Waals surface area contributed by atoms with Gasteiger partial charge in [-0.3, -0.25) is 0 Å². The van der Waals surface area contributed by atoms with Gasteiger partial charge < -0.3 is 19.9 Å². The first-order chi connectivity index (χ1) is 8.47. The van der Waals surface area contributed by atoms with E-state index in [2.05, 4.69) is 15.8 Å². The molecule has 1 heterocycles. The summed E-state index contributed by atoms with van der Waals surface area (Å²) in [6, 6.07) is 1.81. The number of carbonyl (C=O) groups is 1. The highest BCUT2D eigenvalue weighted by molar-refractivity contribution is 5.67. The molecule has 0 spiro atoms. The number of hydrogen-bond acceptors (Lipinski definition) is 5. The van der Waals surface area contributed by atoms with Gasteiger partial charge in [-0.2, -0.15) is 0 Å². The fraction of sp³-hybridized carbons (Fsp3) is 0.667. The lowest BCUT2D eigenvalue weighted by molar-refractivity contribution is 0.0527. The summed E-state index contributed by atoms with van der Waals surface area (Å²) in [6.07, 6.45) is 2.00. The zero-order valence-electron chi connectivity index (χ0n) is 11.2. The molecule has 0 aromatic carbocycles. The maximum absolute atomic E-state index is 11.3. The van der Waals surface area contributed by atoms with Crippen LogP contribution in [0.3, 0.4) is 0 Å². The highest BCUT2D eigenvalue weighted by Gasteiger charge is 2.15. The SMILES string of the molecule is CC(C)(C)OC(=O)NCCCNCc1ccon1. The van der Waals surface area contributed by atoms with Crippen LogP contribution in [0.5, 0.6) is 0 Å². The summed E-state index contributed by atoms with van der Waals surface area (Å²) in [4.78, 5) is 11.3. The second-order valence-electron chi connectivity index (χ2n) is 4.95. The molecule has 0 fully saturated rings. The molecule has 6 heteroatoms. The van der Waals surface area contributed by atoms with Gasteiger partial charge in [0, 0.05) is 19.2 Å². The predicted molar refractivity (Wildman–Crippen MR) is 67.1 cm³/mol. The third-order valence-electron chi connectivity index (χ3n) is 2.00. The van der Waals surface area contributed by atoms with Gasteiger partial charge in [0.1, 0.15) is 11.9 Å². The number of alkyl carbamates (subject to hydrolysis) is 1. The molecule has 1 amide bonds. The summed E-state index contributed by atoms with van der Waals surface area (Å²) in [7, 11) is 0. The first kappa shape index (κ1) is 14.5. The molecule has 0 atom stereocenters. The first-order valence-electron chi connectivity index (χ1n) is 6.04. The van der Waals surface area contributed by atoms with E-state index in [1.807, 2.05) is 26.8 Å². The Kier molecular flexibility index (Phi) is 5.64. The fourth-order valence-corrected chi connectivity index (χ4v) is 1.26. The van der Waals surface area contributed by atoms with Crippen LogP contribution in [0.25, 0.3) is 0 Å². The normalized spacial score (nSPS) is 11.3. The number of nitrogens with one attached hydrogen (secondary N) is 2. The van der Waals surface area contributed by atoms with Crippen molar-refractivity contribution < 1.29 is 14.1 Å². The molecule has 18 heavy (non-hydrogen) atoms. The molecule has 2 N–H and O–H groups in total. The third-order valence-corrected chi connectivity index (χ3v) is 2.00. The van der Waals surface area contributed by atoms with Crippen LogP contribution in [0, 0.1) is 0 Å². The van der Waals surface area contributed by atoms with E-state index in [1.165, 1.54) is 0 Å². The van der Waals surface area contributed by atoms with E-state index >= 15 is 0 Å². The number of aromatic nitrogens is 1. The Morgan fingerprint density at radius 1 is 1.44 bits per heavy atom. The van der Waals surface area contributed by atoms with Crippen LogP contribution in [0.1, 0.15) is 32.9 Å². The molecule has 0 bridgehead atoms. The van der Waals surface area contributed by atoms with Gasteiger partial charge in [0.2, 0.25) is 0 Å². The number of ether oxygens (including phenoxy) is 1. The molecule has 0 aliphatic rings. The van der Waals surface area contributed by atoms with Crippen molar-refractivity contribution in [3.63, 3.8) is 0 Å². The Labute approximate surface area is 107 Å².